The molecule has 128 valence electrons. The standard InChI is InChI=1S/C18H26N6/c1-3-4-11-23(2)17-14-19-22-18(21-17)20-15-7-9-16(10-8-15)24-12-5-6-13-24/h7-10,14H,3-6,11-13H2,1-2H3,(H,20,21,22). The van der Waals surface area contributed by atoms with E-state index < -0.39 is 0 Å². The van der Waals surface area contributed by atoms with Gasteiger partial charge in [-0.15, -0.1) is 5.10 Å². The number of aromatic nitrogens is 3. The summed E-state index contributed by atoms with van der Waals surface area (Å²) in [5, 5.41) is 11.4. The summed E-state index contributed by atoms with van der Waals surface area (Å²) in [7, 11) is 2.04. The van der Waals surface area contributed by atoms with Gasteiger partial charge in [0.2, 0.25) is 5.95 Å². The van der Waals surface area contributed by atoms with Crippen LogP contribution in [0.1, 0.15) is 32.6 Å². The summed E-state index contributed by atoms with van der Waals surface area (Å²) < 4.78 is 0. The van der Waals surface area contributed by atoms with Gasteiger partial charge in [-0.1, -0.05) is 13.3 Å². The highest BCUT2D eigenvalue weighted by Gasteiger charge is 2.12. The normalized spacial score (nSPS) is 14.0. The van der Waals surface area contributed by atoms with E-state index in [2.05, 4.69) is 61.5 Å². The summed E-state index contributed by atoms with van der Waals surface area (Å²) in [6, 6.07) is 8.45. The van der Waals surface area contributed by atoms with Crippen molar-refractivity contribution in [3.05, 3.63) is 30.5 Å². The van der Waals surface area contributed by atoms with Gasteiger partial charge in [0, 0.05) is 38.1 Å². The summed E-state index contributed by atoms with van der Waals surface area (Å²) in [6.45, 7) is 5.47. The molecular formula is C18H26N6. The number of hydrogen-bond donors (Lipinski definition) is 1. The molecule has 1 N–H and O–H groups in total. The third kappa shape index (κ3) is 4.13. The summed E-state index contributed by atoms with van der Waals surface area (Å²) in [4.78, 5) is 9.08. The maximum absolute atomic E-state index is 4.55. The van der Waals surface area contributed by atoms with Gasteiger partial charge in [-0.3, -0.25) is 0 Å². The Kier molecular flexibility index (Phi) is 5.46. The Morgan fingerprint density at radius 2 is 1.92 bits per heavy atom. The highest BCUT2D eigenvalue weighted by molar-refractivity contribution is 5.60. The van der Waals surface area contributed by atoms with E-state index in [1.54, 1.807) is 6.20 Å². The lowest BCUT2D eigenvalue weighted by Crippen LogP contribution is -2.20. The fourth-order valence-electron chi connectivity index (χ4n) is 2.90. The van der Waals surface area contributed by atoms with Crippen LogP contribution in [-0.2, 0) is 0 Å². The van der Waals surface area contributed by atoms with Crippen molar-refractivity contribution < 1.29 is 0 Å². The van der Waals surface area contributed by atoms with Crippen LogP contribution >= 0.6 is 0 Å². The predicted molar refractivity (Wildman–Crippen MR) is 99.2 cm³/mol. The number of nitrogens with zero attached hydrogens (tertiary/aromatic N) is 5. The molecule has 0 amide bonds. The molecule has 2 heterocycles. The minimum Gasteiger partial charge on any atom is -0.372 e. The fraction of sp³-hybridized carbons (Fsp3) is 0.500. The lowest BCUT2D eigenvalue weighted by molar-refractivity contribution is 0.754. The zero-order valence-corrected chi connectivity index (χ0v) is 14.6. The second-order valence-corrected chi connectivity index (χ2v) is 6.28. The minimum atomic E-state index is 0.532. The zero-order chi connectivity index (χ0) is 16.8. The largest absolute Gasteiger partial charge is 0.372 e. The summed E-state index contributed by atoms with van der Waals surface area (Å²) in [6.07, 6.45) is 6.59. The van der Waals surface area contributed by atoms with Crippen LogP contribution in [-0.4, -0.2) is 41.9 Å². The SMILES string of the molecule is CCCCN(C)c1cnnc(Nc2ccc(N3CCCC3)cc2)n1. The molecule has 1 aliphatic heterocycles. The Bertz CT molecular complexity index is 636. The van der Waals surface area contributed by atoms with E-state index >= 15 is 0 Å². The lowest BCUT2D eigenvalue weighted by Gasteiger charge is -2.18. The molecule has 0 radical (unpaired) electrons. The summed E-state index contributed by atoms with van der Waals surface area (Å²) in [5.74, 6) is 1.37. The first-order valence-corrected chi connectivity index (χ1v) is 8.79. The zero-order valence-electron chi connectivity index (χ0n) is 14.6. The fourth-order valence-corrected chi connectivity index (χ4v) is 2.90. The van der Waals surface area contributed by atoms with Gasteiger partial charge >= 0.3 is 0 Å². The molecule has 1 saturated heterocycles. The van der Waals surface area contributed by atoms with Crippen LogP contribution < -0.4 is 15.1 Å². The monoisotopic (exact) mass is 326 g/mol. The third-order valence-electron chi connectivity index (χ3n) is 4.38. The van der Waals surface area contributed by atoms with Crippen molar-refractivity contribution in [3.63, 3.8) is 0 Å². The molecule has 0 atom stereocenters. The first kappa shape index (κ1) is 16.5. The van der Waals surface area contributed by atoms with Crippen molar-refractivity contribution in [2.75, 3.05) is 41.8 Å². The molecule has 1 aliphatic rings. The van der Waals surface area contributed by atoms with Gasteiger partial charge in [0.05, 0.1) is 6.20 Å². The highest BCUT2D eigenvalue weighted by atomic mass is 15.3. The van der Waals surface area contributed by atoms with Crippen LogP contribution in [0, 0.1) is 0 Å². The molecule has 0 unspecified atom stereocenters. The molecule has 6 nitrogen and oxygen atoms in total. The molecule has 24 heavy (non-hydrogen) atoms. The molecule has 0 bridgehead atoms. The molecule has 2 aromatic rings. The second kappa shape index (κ2) is 7.95. The maximum Gasteiger partial charge on any atom is 0.249 e. The third-order valence-corrected chi connectivity index (χ3v) is 4.38. The van der Waals surface area contributed by atoms with E-state index in [0.29, 0.717) is 5.95 Å². The number of anilines is 4. The molecule has 3 rings (SSSR count). The molecule has 0 saturated carbocycles. The molecule has 0 spiro atoms. The summed E-state index contributed by atoms with van der Waals surface area (Å²) in [5.41, 5.74) is 2.26. The topological polar surface area (TPSA) is 57.2 Å². The second-order valence-electron chi connectivity index (χ2n) is 6.28. The van der Waals surface area contributed by atoms with Crippen LogP contribution in [0.15, 0.2) is 30.5 Å². The number of nitrogens with one attached hydrogen (secondary N) is 1. The van der Waals surface area contributed by atoms with Crippen molar-refractivity contribution in [1.29, 1.82) is 0 Å². The predicted octanol–water partition coefficient (Wildman–Crippen LogP) is 3.45. The van der Waals surface area contributed by atoms with E-state index in [1.807, 2.05) is 7.05 Å². The summed E-state index contributed by atoms with van der Waals surface area (Å²) >= 11 is 0. The van der Waals surface area contributed by atoms with Crippen molar-refractivity contribution >= 4 is 23.1 Å². The van der Waals surface area contributed by atoms with Crippen LogP contribution in [0.25, 0.3) is 0 Å². The van der Waals surface area contributed by atoms with E-state index in [9.17, 15) is 0 Å². The van der Waals surface area contributed by atoms with Crippen molar-refractivity contribution in [2.45, 2.75) is 32.6 Å². The lowest BCUT2D eigenvalue weighted by atomic mass is 10.2. The van der Waals surface area contributed by atoms with E-state index in [4.69, 9.17) is 0 Å². The maximum atomic E-state index is 4.55. The molecule has 6 heteroatoms. The van der Waals surface area contributed by atoms with Crippen LogP contribution in [0.4, 0.5) is 23.1 Å². The van der Waals surface area contributed by atoms with E-state index in [0.717, 1.165) is 44.0 Å². The molecule has 1 aromatic heterocycles. The number of hydrogen-bond acceptors (Lipinski definition) is 6. The average Bonchev–Trinajstić information content (AvgIpc) is 3.15. The van der Waals surface area contributed by atoms with Crippen LogP contribution in [0.5, 0.6) is 0 Å². The van der Waals surface area contributed by atoms with E-state index in [1.165, 1.54) is 18.5 Å². The number of unbranched alkanes of at least 4 members (excludes halogenated alkanes) is 1. The van der Waals surface area contributed by atoms with Gasteiger partial charge in [0.15, 0.2) is 5.82 Å². The van der Waals surface area contributed by atoms with Crippen LogP contribution in [0.3, 0.4) is 0 Å². The molecule has 1 fully saturated rings. The van der Waals surface area contributed by atoms with Crippen molar-refractivity contribution in [1.82, 2.24) is 15.2 Å². The molecule has 0 aliphatic carbocycles. The smallest absolute Gasteiger partial charge is 0.249 e. The van der Waals surface area contributed by atoms with Gasteiger partial charge < -0.3 is 15.1 Å². The Labute approximate surface area is 143 Å². The average molecular weight is 326 g/mol. The Morgan fingerprint density at radius 3 is 2.62 bits per heavy atom. The highest BCUT2D eigenvalue weighted by Crippen LogP contribution is 2.23. The quantitative estimate of drug-likeness (QED) is 0.841. The van der Waals surface area contributed by atoms with Crippen molar-refractivity contribution in [2.24, 2.45) is 0 Å². The van der Waals surface area contributed by atoms with E-state index in [-0.39, 0.29) is 0 Å². The van der Waals surface area contributed by atoms with Gasteiger partial charge in [0.1, 0.15) is 0 Å². The number of rotatable bonds is 7. The van der Waals surface area contributed by atoms with Crippen molar-refractivity contribution in [3.8, 4) is 0 Å². The molecule has 1 aromatic carbocycles. The Morgan fingerprint density at radius 1 is 1.17 bits per heavy atom. The van der Waals surface area contributed by atoms with Gasteiger partial charge in [-0.05, 0) is 43.5 Å². The first-order valence-electron chi connectivity index (χ1n) is 8.79. The van der Waals surface area contributed by atoms with Gasteiger partial charge in [-0.25, -0.2) is 0 Å². The number of benzene rings is 1. The van der Waals surface area contributed by atoms with Gasteiger partial charge in [-0.2, -0.15) is 10.1 Å². The Balaban J connectivity index is 1.65. The minimum absolute atomic E-state index is 0.532. The van der Waals surface area contributed by atoms with Gasteiger partial charge in [0.25, 0.3) is 0 Å². The van der Waals surface area contributed by atoms with Crippen LogP contribution in [0.2, 0.25) is 0 Å². The first-order chi connectivity index (χ1) is 11.8. The Hall–Kier alpha value is -2.37. The molecular weight excluding hydrogens is 300 g/mol.